The first kappa shape index (κ1) is 20.7. The minimum Gasteiger partial charge on any atom is -0.492 e. The zero-order chi connectivity index (χ0) is 20.1. The van der Waals surface area contributed by atoms with Gasteiger partial charge in [0.2, 0.25) is 0 Å². The van der Waals surface area contributed by atoms with Crippen LogP contribution in [0.4, 0.5) is 0 Å². The van der Waals surface area contributed by atoms with Gasteiger partial charge in [0, 0.05) is 9.50 Å². The lowest BCUT2D eigenvalue weighted by molar-refractivity contribution is 0.0946. The summed E-state index contributed by atoms with van der Waals surface area (Å²) >= 11 is 16.0. The van der Waals surface area contributed by atoms with Crippen LogP contribution in [0.5, 0.6) is 5.75 Å². The Kier molecular flexibility index (Phi) is 6.99. The maximum absolute atomic E-state index is 12.5. The molecule has 1 heterocycles. The van der Waals surface area contributed by atoms with E-state index in [2.05, 4.69) is 26.3 Å². The molecule has 0 fully saturated rings. The van der Waals surface area contributed by atoms with Crippen molar-refractivity contribution in [3.05, 3.63) is 80.0 Å². The molecule has 0 aliphatic rings. The first-order valence-corrected chi connectivity index (χ1v) is 10.1. The highest BCUT2D eigenvalue weighted by Gasteiger charge is 2.20. The second kappa shape index (κ2) is 9.45. The molecular weight excluding hydrogens is 465 g/mol. The third-order valence-corrected chi connectivity index (χ3v) is 5.27. The Bertz CT molecular complexity index is 991. The van der Waals surface area contributed by atoms with Crippen molar-refractivity contribution in [1.82, 2.24) is 15.1 Å². The summed E-state index contributed by atoms with van der Waals surface area (Å²) in [6, 6.07) is 15.0. The van der Waals surface area contributed by atoms with Crippen molar-refractivity contribution in [2.75, 3.05) is 13.2 Å². The zero-order valence-electron chi connectivity index (χ0n) is 15.1. The van der Waals surface area contributed by atoms with E-state index >= 15 is 0 Å². The van der Waals surface area contributed by atoms with Gasteiger partial charge in [0.05, 0.1) is 24.3 Å². The molecule has 3 aromatic rings. The molecule has 0 aliphatic carbocycles. The van der Waals surface area contributed by atoms with Gasteiger partial charge in [-0.1, -0.05) is 63.4 Å². The molecule has 1 aromatic heterocycles. The average molecular weight is 483 g/mol. The van der Waals surface area contributed by atoms with E-state index < -0.39 is 0 Å². The Labute approximate surface area is 181 Å². The first-order chi connectivity index (χ1) is 13.5. The lowest BCUT2D eigenvalue weighted by Gasteiger charge is -2.08. The van der Waals surface area contributed by atoms with Gasteiger partial charge in [-0.25, -0.2) is 4.68 Å². The minimum atomic E-state index is -0.286. The van der Waals surface area contributed by atoms with Crippen LogP contribution in [0.2, 0.25) is 10.2 Å². The highest BCUT2D eigenvalue weighted by atomic mass is 79.9. The van der Waals surface area contributed by atoms with Gasteiger partial charge in [-0.3, -0.25) is 4.79 Å². The summed E-state index contributed by atoms with van der Waals surface area (Å²) in [4.78, 5) is 12.5. The van der Waals surface area contributed by atoms with Crippen molar-refractivity contribution in [2.24, 2.45) is 0 Å². The van der Waals surface area contributed by atoms with Crippen LogP contribution in [0.15, 0.2) is 53.0 Å². The molecule has 0 unspecified atom stereocenters. The number of benzene rings is 2. The topological polar surface area (TPSA) is 56.2 Å². The van der Waals surface area contributed by atoms with Crippen molar-refractivity contribution < 1.29 is 9.53 Å². The molecule has 0 saturated carbocycles. The molecule has 28 heavy (non-hydrogen) atoms. The number of carbonyl (C=O) groups is 1. The van der Waals surface area contributed by atoms with E-state index in [1.807, 2.05) is 42.5 Å². The number of halogens is 3. The van der Waals surface area contributed by atoms with E-state index in [4.69, 9.17) is 27.9 Å². The summed E-state index contributed by atoms with van der Waals surface area (Å²) in [5, 5.41) is 8.10. The second-order valence-corrected chi connectivity index (χ2v) is 7.74. The number of ether oxygens (including phenoxy) is 1. The van der Waals surface area contributed by atoms with Crippen molar-refractivity contribution in [2.45, 2.75) is 13.5 Å². The van der Waals surface area contributed by atoms with Gasteiger partial charge in [-0.2, -0.15) is 5.10 Å². The van der Waals surface area contributed by atoms with E-state index in [0.717, 1.165) is 15.8 Å². The number of amides is 1. The van der Waals surface area contributed by atoms with E-state index in [1.54, 1.807) is 17.7 Å². The molecule has 0 atom stereocenters. The Morgan fingerprint density at radius 3 is 2.75 bits per heavy atom. The molecule has 0 aliphatic heterocycles. The third-order valence-electron chi connectivity index (χ3n) is 4.02. The van der Waals surface area contributed by atoms with Crippen LogP contribution in [0, 0.1) is 6.92 Å². The number of hydrogen-bond acceptors (Lipinski definition) is 3. The predicted molar refractivity (Wildman–Crippen MR) is 114 cm³/mol. The summed E-state index contributed by atoms with van der Waals surface area (Å²) in [6.45, 7) is 2.82. The fourth-order valence-corrected chi connectivity index (χ4v) is 3.58. The second-order valence-electron chi connectivity index (χ2n) is 6.06. The van der Waals surface area contributed by atoms with Crippen LogP contribution in [-0.4, -0.2) is 28.8 Å². The monoisotopic (exact) mass is 481 g/mol. The van der Waals surface area contributed by atoms with Gasteiger partial charge in [0.15, 0.2) is 0 Å². The Morgan fingerprint density at radius 2 is 2.00 bits per heavy atom. The van der Waals surface area contributed by atoms with Gasteiger partial charge >= 0.3 is 0 Å². The van der Waals surface area contributed by atoms with Crippen molar-refractivity contribution in [1.29, 1.82) is 0 Å². The molecule has 5 nitrogen and oxygen atoms in total. The fourth-order valence-electron chi connectivity index (χ4n) is 2.68. The van der Waals surface area contributed by atoms with Gasteiger partial charge < -0.3 is 10.1 Å². The van der Waals surface area contributed by atoms with Gasteiger partial charge in [-0.05, 0) is 36.8 Å². The number of rotatable bonds is 7. The van der Waals surface area contributed by atoms with Crippen molar-refractivity contribution >= 4 is 45.0 Å². The summed E-state index contributed by atoms with van der Waals surface area (Å²) in [5.41, 5.74) is 1.79. The van der Waals surface area contributed by atoms with Crippen LogP contribution in [-0.2, 0) is 6.54 Å². The predicted octanol–water partition coefficient (Wildman–Crippen LogP) is 5.12. The molecule has 8 heteroatoms. The fraction of sp³-hybridized carbons (Fsp3) is 0.200. The zero-order valence-corrected chi connectivity index (χ0v) is 18.2. The number of aromatic nitrogens is 2. The molecular formula is C20H18BrCl2N3O2. The van der Waals surface area contributed by atoms with Crippen LogP contribution in [0.1, 0.15) is 21.6 Å². The lowest BCUT2D eigenvalue weighted by atomic mass is 10.2. The minimum absolute atomic E-state index is 0.280. The molecule has 0 radical (unpaired) electrons. The third kappa shape index (κ3) is 5.07. The summed E-state index contributed by atoms with van der Waals surface area (Å²) in [5.74, 6) is 0.441. The van der Waals surface area contributed by atoms with Gasteiger partial charge in [0.1, 0.15) is 17.5 Å². The summed E-state index contributed by atoms with van der Waals surface area (Å²) < 4.78 is 8.12. The van der Waals surface area contributed by atoms with Crippen LogP contribution in [0.25, 0.3) is 0 Å². The lowest BCUT2D eigenvalue weighted by Crippen LogP contribution is -2.28. The van der Waals surface area contributed by atoms with Crippen molar-refractivity contribution in [3.63, 3.8) is 0 Å². The molecule has 0 bridgehead atoms. The molecule has 2 aromatic carbocycles. The molecule has 3 rings (SSSR count). The highest BCUT2D eigenvalue weighted by Crippen LogP contribution is 2.23. The number of nitrogens with zero attached hydrogens (tertiary/aromatic N) is 2. The Morgan fingerprint density at radius 1 is 1.21 bits per heavy atom. The largest absolute Gasteiger partial charge is 0.492 e. The summed E-state index contributed by atoms with van der Waals surface area (Å²) in [7, 11) is 0. The van der Waals surface area contributed by atoms with Gasteiger partial charge in [0.25, 0.3) is 5.91 Å². The molecule has 1 N–H and O–H groups in total. The van der Waals surface area contributed by atoms with E-state index in [0.29, 0.717) is 36.0 Å². The maximum atomic E-state index is 12.5. The normalized spacial score (nSPS) is 10.7. The molecule has 0 spiro atoms. The van der Waals surface area contributed by atoms with Crippen LogP contribution >= 0.6 is 39.1 Å². The smallest absolute Gasteiger partial charge is 0.256 e. The van der Waals surface area contributed by atoms with Gasteiger partial charge in [-0.15, -0.1) is 0 Å². The van der Waals surface area contributed by atoms with Crippen LogP contribution < -0.4 is 10.1 Å². The Balaban J connectivity index is 1.60. The Hall–Kier alpha value is -2.02. The van der Waals surface area contributed by atoms with Crippen molar-refractivity contribution in [3.8, 4) is 5.75 Å². The molecule has 0 saturated heterocycles. The first-order valence-electron chi connectivity index (χ1n) is 8.58. The number of aryl methyl sites for hydroxylation is 1. The SMILES string of the molecule is Cc1nn(Cc2ccccc2Cl)c(Cl)c1C(=O)NCCOc1cccc(Br)c1. The van der Waals surface area contributed by atoms with E-state index in [9.17, 15) is 4.79 Å². The van der Waals surface area contributed by atoms with Crippen LogP contribution in [0.3, 0.4) is 0 Å². The molecule has 146 valence electrons. The highest BCUT2D eigenvalue weighted by molar-refractivity contribution is 9.10. The number of hydrogen-bond donors (Lipinski definition) is 1. The molecule has 1 amide bonds. The maximum Gasteiger partial charge on any atom is 0.256 e. The standard InChI is InChI=1S/C20H18BrCl2N3O2/c1-13-18(19(23)26(25-13)12-14-5-2-3-8-17(14)22)20(27)24-9-10-28-16-7-4-6-15(21)11-16/h2-8,11H,9-10,12H2,1H3,(H,24,27). The van der Waals surface area contributed by atoms with E-state index in [1.165, 1.54) is 0 Å². The number of nitrogens with one attached hydrogen (secondary N) is 1. The number of carbonyl (C=O) groups excluding carboxylic acids is 1. The summed E-state index contributed by atoms with van der Waals surface area (Å²) in [6.07, 6.45) is 0. The quantitative estimate of drug-likeness (QED) is 0.475. The average Bonchev–Trinajstić information content (AvgIpc) is 2.94. The van der Waals surface area contributed by atoms with E-state index in [-0.39, 0.29) is 11.1 Å².